The second-order valence-corrected chi connectivity index (χ2v) is 8.18. The Morgan fingerprint density at radius 1 is 1.43 bits per heavy atom. The number of hydrogen-bond donors (Lipinski definition) is 2. The van der Waals surface area contributed by atoms with E-state index in [0.29, 0.717) is 12.1 Å². The summed E-state index contributed by atoms with van der Waals surface area (Å²) < 4.78 is 27.7. The number of aliphatic hydroxyl groups is 1. The van der Waals surface area contributed by atoms with Gasteiger partial charge < -0.3 is 5.11 Å². The SMILES string of the molecule is CSC1(CNS(=O)(=O)c2ccc(C)cc2C#CCO)CC1. The molecule has 0 spiro atoms. The normalized spacial score (nSPS) is 16.1. The molecule has 2 rings (SSSR count). The molecule has 1 aliphatic rings. The second kappa shape index (κ2) is 6.41. The third-order valence-electron chi connectivity index (χ3n) is 3.55. The zero-order valence-corrected chi connectivity index (χ0v) is 13.8. The Hall–Kier alpha value is -1.00. The van der Waals surface area contributed by atoms with Crippen molar-refractivity contribution in [1.82, 2.24) is 4.72 Å². The quantitative estimate of drug-likeness (QED) is 0.806. The van der Waals surface area contributed by atoms with E-state index in [0.717, 1.165) is 18.4 Å². The Morgan fingerprint density at radius 3 is 2.71 bits per heavy atom. The fraction of sp³-hybridized carbons (Fsp3) is 0.467. The van der Waals surface area contributed by atoms with Crippen molar-refractivity contribution in [2.24, 2.45) is 0 Å². The highest BCUT2D eigenvalue weighted by molar-refractivity contribution is 8.00. The lowest BCUT2D eigenvalue weighted by atomic mass is 10.1. The maximum atomic E-state index is 12.5. The molecule has 0 radical (unpaired) electrons. The number of aliphatic hydroxyl groups excluding tert-OH is 1. The molecule has 0 atom stereocenters. The Morgan fingerprint density at radius 2 is 2.14 bits per heavy atom. The van der Waals surface area contributed by atoms with Crippen LogP contribution in [0, 0.1) is 18.8 Å². The Labute approximate surface area is 130 Å². The molecule has 1 aliphatic carbocycles. The number of aryl methyl sites for hydroxylation is 1. The minimum absolute atomic E-state index is 0.0642. The summed E-state index contributed by atoms with van der Waals surface area (Å²) in [6.45, 7) is 2.02. The van der Waals surface area contributed by atoms with E-state index >= 15 is 0 Å². The van der Waals surface area contributed by atoms with Gasteiger partial charge in [0.05, 0.1) is 4.90 Å². The van der Waals surface area contributed by atoms with Gasteiger partial charge in [0.25, 0.3) is 0 Å². The molecule has 1 aromatic carbocycles. The van der Waals surface area contributed by atoms with Crippen LogP contribution >= 0.6 is 11.8 Å². The first-order valence-corrected chi connectivity index (χ1v) is 9.38. The molecule has 4 nitrogen and oxygen atoms in total. The van der Waals surface area contributed by atoms with E-state index in [4.69, 9.17) is 5.11 Å². The van der Waals surface area contributed by atoms with Crippen molar-refractivity contribution in [2.45, 2.75) is 29.4 Å². The van der Waals surface area contributed by atoms with Gasteiger partial charge in [0.2, 0.25) is 10.0 Å². The summed E-state index contributed by atoms with van der Waals surface area (Å²) in [7, 11) is -3.59. The molecule has 6 heteroatoms. The average Bonchev–Trinajstić information content (AvgIpc) is 3.23. The molecule has 0 aromatic heterocycles. The highest BCUT2D eigenvalue weighted by Gasteiger charge is 2.42. The standard InChI is InChI=1S/C15H19NO3S2/c1-12-5-6-14(13(10-12)4-3-9-17)21(18,19)16-11-15(20-2)7-8-15/h5-6,10,16-17H,7-9,11H2,1-2H3. The van der Waals surface area contributed by atoms with Crippen LogP contribution in [0.2, 0.25) is 0 Å². The van der Waals surface area contributed by atoms with Crippen molar-refractivity contribution in [3.63, 3.8) is 0 Å². The van der Waals surface area contributed by atoms with Crippen LogP contribution in [0.25, 0.3) is 0 Å². The van der Waals surface area contributed by atoms with E-state index in [1.54, 1.807) is 30.0 Å². The van der Waals surface area contributed by atoms with Gasteiger partial charge in [-0.1, -0.05) is 17.9 Å². The van der Waals surface area contributed by atoms with Gasteiger partial charge in [-0.2, -0.15) is 11.8 Å². The molecule has 1 saturated carbocycles. The lowest BCUT2D eigenvalue weighted by Crippen LogP contribution is -2.32. The number of sulfonamides is 1. The van der Waals surface area contributed by atoms with Crippen LogP contribution in [0.15, 0.2) is 23.1 Å². The van der Waals surface area contributed by atoms with Gasteiger partial charge in [-0.3, -0.25) is 0 Å². The van der Waals surface area contributed by atoms with Gasteiger partial charge in [-0.05, 0) is 43.7 Å². The van der Waals surface area contributed by atoms with Crippen molar-refractivity contribution in [1.29, 1.82) is 0 Å². The zero-order chi connectivity index (χ0) is 15.5. The summed E-state index contributed by atoms with van der Waals surface area (Å²) in [5.41, 5.74) is 1.35. The van der Waals surface area contributed by atoms with Gasteiger partial charge in [0.1, 0.15) is 6.61 Å². The summed E-state index contributed by atoms with van der Waals surface area (Å²) >= 11 is 1.71. The van der Waals surface area contributed by atoms with Crippen molar-refractivity contribution < 1.29 is 13.5 Å². The summed E-state index contributed by atoms with van der Waals surface area (Å²) in [4.78, 5) is 0.172. The average molecular weight is 325 g/mol. The zero-order valence-electron chi connectivity index (χ0n) is 12.1. The van der Waals surface area contributed by atoms with Gasteiger partial charge >= 0.3 is 0 Å². The smallest absolute Gasteiger partial charge is 0.241 e. The molecule has 21 heavy (non-hydrogen) atoms. The molecule has 2 N–H and O–H groups in total. The molecule has 1 fully saturated rings. The van der Waals surface area contributed by atoms with E-state index in [2.05, 4.69) is 16.6 Å². The van der Waals surface area contributed by atoms with E-state index in [1.807, 2.05) is 13.2 Å². The number of thioether (sulfide) groups is 1. The molecular weight excluding hydrogens is 306 g/mol. The van der Waals surface area contributed by atoms with Gasteiger partial charge in [-0.15, -0.1) is 0 Å². The minimum Gasteiger partial charge on any atom is -0.384 e. The highest BCUT2D eigenvalue weighted by Crippen LogP contribution is 2.46. The van der Waals surface area contributed by atoms with E-state index in [-0.39, 0.29) is 16.2 Å². The second-order valence-electron chi connectivity index (χ2n) is 5.17. The first kappa shape index (κ1) is 16.4. The van der Waals surface area contributed by atoms with Crippen LogP contribution < -0.4 is 4.72 Å². The molecule has 0 bridgehead atoms. The van der Waals surface area contributed by atoms with Crippen molar-refractivity contribution in [3.8, 4) is 11.8 Å². The number of nitrogens with one attached hydrogen (secondary N) is 1. The van der Waals surface area contributed by atoms with E-state index in [9.17, 15) is 8.42 Å². The number of rotatable bonds is 5. The summed E-state index contributed by atoms with van der Waals surface area (Å²) in [5, 5.41) is 8.80. The van der Waals surface area contributed by atoms with Crippen molar-refractivity contribution in [3.05, 3.63) is 29.3 Å². The van der Waals surface area contributed by atoms with Crippen molar-refractivity contribution >= 4 is 21.8 Å². The van der Waals surface area contributed by atoms with Crippen LogP contribution in [0.1, 0.15) is 24.0 Å². The van der Waals surface area contributed by atoms with E-state index in [1.165, 1.54) is 0 Å². The predicted molar refractivity (Wildman–Crippen MR) is 85.8 cm³/mol. The number of benzene rings is 1. The fourth-order valence-corrected chi connectivity index (χ4v) is 4.09. The van der Waals surface area contributed by atoms with Crippen LogP contribution in [0.4, 0.5) is 0 Å². The van der Waals surface area contributed by atoms with Gasteiger partial charge in [0, 0.05) is 16.9 Å². The van der Waals surface area contributed by atoms with Crippen molar-refractivity contribution in [2.75, 3.05) is 19.4 Å². The van der Waals surface area contributed by atoms with Crippen LogP contribution in [-0.4, -0.2) is 37.7 Å². The monoisotopic (exact) mass is 325 g/mol. The summed E-state index contributed by atoms with van der Waals surface area (Å²) in [6.07, 6.45) is 4.09. The van der Waals surface area contributed by atoms with E-state index < -0.39 is 10.0 Å². The molecule has 0 saturated heterocycles. The number of hydrogen-bond acceptors (Lipinski definition) is 4. The summed E-state index contributed by atoms with van der Waals surface area (Å²) in [6, 6.07) is 5.04. The molecular formula is C15H19NO3S2. The fourth-order valence-electron chi connectivity index (χ4n) is 2.01. The minimum atomic E-state index is -3.59. The first-order chi connectivity index (χ1) is 9.92. The maximum Gasteiger partial charge on any atom is 0.241 e. The Bertz CT molecular complexity index is 683. The lowest BCUT2D eigenvalue weighted by Gasteiger charge is -2.14. The Kier molecular flexibility index (Phi) is 4.99. The van der Waals surface area contributed by atoms with Crippen LogP contribution in [-0.2, 0) is 10.0 Å². The molecule has 114 valence electrons. The van der Waals surface area contributed by atoms with Crippen LogP contribution in [0.3, 0.4) is 0 Å². The molecule has 0 unspecified atom stereocenters. The molecule has 1 aromatic rings. The maximum absolute atomic E-state index is 12.5. The largest absolute Gasteiger partial charge is 0.384 e. The Balaban J connectivity index is 2.26. The lowest BCUT2D eigenvalue weighted by molar-refractivity contribution is 0.350. The highest BCUT2D eigenvalue weighted by atomic mass is 32.2. The van der Waals surface area contributed by atoms with Gasteiger partial charge in [-0.25, -0.2) is 13.1 Å². The molecule has 0 amide bonds. The van der Waals surface area contributed by atoms with Gasteiger partial charge in [0.15, 0.2) is 0 Å². The third kappa shape index (κ3) is 4.01. The van der Waals surface area contributed by atoms with Crippen LogP contribution in [0.5, 0.6) is 0 Å². The first-order valence-electron chi connectivity index (χ1n) is 6.68. The molecule has 0 aliphatic heterocycles. The predicted octanol–water partition coefficient (Wildman–Crippen LogP) is 1.51. The third-order valence-corrected chi connectivity index (χ3v) is 6.43. The topological polar surface area (TPSA) is 66.4 Å². The summed E-state index contributed by atoms with van der Waals surface area (Å²) in [5.74, 6) is 5.22. The molecule has 0 heterocycles.